The van der Waals surface area contributed by atoms with Gasteiger partial charge >= 0.3 is 0 Å². The fraction of sp³-hybridized carbons (Fsp3) is 0.227. The van der Waals surface area contributed by atoms with Crippen molar-refractivity contribution >= 4 is 16.7 Å². The van der Waals surface area contributed by atoms with E-state index in [4.69, 9.17) is 9.47 Å². The van der Waals surface area contributed by atoms with Gasteiger partial charge in [-0.1, -0.05) is 54.1 Å². The van der Waals surface area contributed by atoms with Gasteiger partial charge in [-0.05, 0) is 37.4 Å². The monoisotopic (exact) mass is 349 g/mol. The van der Waals surface area contributed by atoms with E-state index in [1.54, 1.807) is 6.92 Å². The Kier molecular flexibility index (Phi) is 5.74. The van der Waals surface area contributed by atoms with Gasteiger partial charge in [-0.15, -0.1) is 0 Å². The van der Waals surface area contributed by atoms with Crippen molar-refractivity contribution in [2.45, 2.75) is 20.0 Å². The van der Waals surface area contributed by atoms with E-state index in [0.717, 1.165) is 16.5 Å². The largest absolute Gasteiger partial charge is 0.492 e. The maximum atomic E-state index is 12.2. The molecule has 4 heteroatoms. The van der Waals surface area contributed by atoms with Crippen molar-refractivity contribution in [2.24, 2.45) is 0 Å². The molecule has 1 amide bonds. The molecule has 0 saturated heterocycles. The Labute approximate surface area is 153 Å². The average molecular weight is 349 g/mol. The third-order valence-corrected chi connectivity index (χ3v) is 4.11. The molecule has 0 heterocycles. The van der Waals surface area contributed by atoms with E-state index < -0.39 is 6.10 Å². The van der Waals surface area contributed by atoms with Gasteiger partial charge in [0.15, 0.2) is 6.10 Å². The highest BCUT2D eigenvalue weighted by molar-refractivity contribution is 5.89. The minimum Gasteiger partial charge on any atom is -0.492 e. The maximum Gasteiger partial charge on any atom is 0.260 e. The highest BCUT2D eigenvalue weighted by Gasteiger charge is 2.15. The Morgan fingerprint density at radius 1 is 1.00 bits per heavy atom. The minimum absolute atomic E-state index is 0.162. The van der Waals surface area contributed by atoms with Crippen LogP contribution in [0, 0.1) is 6.92 Å². The number of carbonyl (C=O) groups is 1. The summed E-state index contributed by atoms with van der Waals surface area (Å²) >= 11 is 0. The van der Waals surface area contributed by atoms with E-state index in [2.05, 4.69) is 5.32 Å². The van der Waals surface area contributed by atoms with Crippen LogP contribution in [0.2, 0.25) is 0 Å². The highest BCUT2D eigenvalue weighted by atomic mass is 16.5. The molecule has 3 rings (SSSR count). The van der Waals surface area contributed by atoms with Crippen LogP contribution in [0.4, 0.5) is 0 Å². The van der Waals surface area contributed by atoms with Gasteiger partial charge < -0.3 is 14.8 Å². The van der Waals surface area contributed by atoms with Gasteiger partial charge in [-0.2, -0.15) is 0 Å². The molecule has 0 bridgehead atoms. The summed E-state index contributed by atoms with van der Waals surface area (Å²) in [5.41, 5.74) is 1.19. The second kappa shape index (κ2) is 8.39. The third-order valence-electron chi connectivity index (χ3n) is 4.11. The maximum absolute atomic E-state index is 12.2. The van der Waals surface area contributed by atoms with E-state index in [9.17, 15) is 4.79 Å². The van der Waals surface area contributed by atoms with Crippen molar-refractivity contribution in [2.75, 3.05) is 13.2 Å². The van der Waals surface area contributed by atoms with E-state index in [1.807, 2.05) is 73.7 Å². The third kappa shape index (κ3) is 4.54. The van der Waals surface area contributed by atoms with Gasteiger partial charge in [0.2, 0.25) is 0 Å². The van der Waals surface area contributed by atoms with Crippen LogP contribution in [0.25, 0.3) is 10.8 Å². The summed E-state index contributed by atoms with van der Waals surface area (Å²) < 4.78 is 11.5. The zero-order valence-electron chi connectivity index (χ0n) is 15.1. The van der Waals surface area contributed by atoms with Gasteiger partial charge in [0.1, 0.15) is 18.1 Å². The van der Waals surface area contributed by atoms with Gasteiger partial charge in [-0.3, -0.25) is 4.79 Å². The van der Waals surface area contributed by atoms with E-state index in [0.29, 0.717) is 18.9 Å². The van der Waals surface area contributed by atoms with E-state index in [1.165, 1.54) is 5.56 Å². The standard InChI is InChI=1S/C22H23NO3/c1-16-10-12-19(13-11-16)25-15-14-23-22(24)17(2)26-21-9-5-7-18-6-3-4-8-20(18)21/h3-13,17H,14-15H2,1-2H3,(H,23,24)/t17-/m1/s1. The number of nitrogens with one attached hydrogen (secondary N) is 1. The van der Waals surface area contributed by atoms with Gasteiger partial charge in [0, 0.05) is 5.39 Å². The fourth-order valence-electron chi connectivity index (χ4n) is 2.66. The zero-order valence-corrected chi connectivity index (χ0v) is 15.1. The molecule has 0 radical (unpaired) electrons. The Morgan fingerprint density at radius 3 is 2.54 bits per heavy atom. The highest BCUT2D eigenvalue weighted by Crippen LogP contribution is 2.26. The molecule has 0 aliphatic carbocycles. The Morgan fingerprint density at radius 2 is 1.73 bits per heavy atom. The molecule has 134 valence electrons. The lowest BCUT2D eigenvalue weighted by Crippen LogP contribution is -2.38. The molecule has 0 fully saturated rings. The summed E-state index contributed by atoms with van der Waals surface area (Å²) in [4.78, 5) is 12.2. The molecule has 3 aromatic carbocycles. The number of fused-ring (bicyclic) bond motifs is 1. The second-order valence-electron chi connectivity index (χ2n) is 6.19. The first kappa shape index (κ1) is 17.8. The van der Waals surface area contributed by atoms with E-state index in [-0.39, 0.29) is 5.91 Å². The van der Waals surface area contributed by atoms with Gasteiger partial charge in [0.05, 0.1) is 6.54 Å². The summed E-state index contributed by atoms with van der Waals surface area (Å²) in [7, 11) is 0. The molecule has 0 spiro atoms. The lowest BCUT2D eigenvalue weighted by Gasteiger charge is -2.16. The summed E-state index contributed by atoms with van der Waals surface area (Å²) in [6, 6.07) is 21.6. The molecule has 1 atom stereocenters. The zero-order chi connectivity index (χ0) is 18.4. The van der Waals surface area contributed by atoms with Gasteiger partial charge in [-0.25, -0.2) is 0 Å². The van der Waals surface area contributed by atoms with Crippen molar-refractivity contribution in [3.05, 3.63) is 72.3 Å². The summed E-state index contributed by atoms with van der Waals surface area (Å²) in [5, 5.41) is 4.93. The lowest BCUT2D eigenvalue weighted by molar-refractivity contribution is -0.127. The smallest absolute Gasteiger partial charge is 0.260 e. The number of amides is 1. The predicted octanol–water partition coefficient (Wildman–Crippen LogP) is 4.11. The summed E-state index contributed by atoms with van der Waals surface area (Å²) in [6.45, 7) is 4.62. The molecule has 0 aliphatic heterocycles. The fourth-order valence-corrected chi connectivity index (χ4v) is 2.66. The SMILES string of the molecule is Cc1ccc(OCCNC(=O)[C@@H](C)Oc2cccc3ccccc23)cc1. The molecule has 4 nitrogen and oxygen atoms in total. The molecule has 1 N–H and O–H groups in total. The van der Waals surface area contributed by atoms with Crippen molar-refractivity contribution in [1.82, 2.24) is 5.32 Å². The first-order valence-corrected chi connectivity index (χ1v) is 8.75. The van der Waals surface area contributed by atoms with Crippen LogP contribution in [-0.2, 0) is 4.79 Å². The van der Waals surface area contributed by atoms with Crippen molar-refractivity contribution in [3.8, 4) is 11.5 Å². The van der Waals surface area contributed by atoms with Crippen LogP contribution in [-0.4, -0.2) is 25.2 Å². The number of hydrogen-bond acceptors (Lipinski definition) is 3. The lowest BCUT2D eigenvalue weighted by atomic mass is 10.1. The molecular formula is C22H23NO3. The minimum atomic E-state index is -0.583. The molecule has 26 heavy (non-hydrogen) atoms. The number of aryl methyl sites for hydroxylation is 1. The number of benzene rings is 3. The normalized spacial score (nSPS) is 11.8. The van der Waals surface area contributed by atoms with Crippen LogP contribution < -0.4 is 14.8 Å². The topological polar surface area (TPSA) is 47.6 Å². The van der Waals surface area contributed by atoms with E-state index >= 15 is 0 Å². The van der Waals surface area contributed by atoms with Crippen LogP contribution in [0.15, 0.2) is 66.7 Å². The van der Waals surface area contributed by atoms with Gasteiger partial charge in [0.25, 0.3) is 5.91 Å². The van der Waals surface area contributed by atoms with Crippen LogP contribution in [0.5, 0.6) is 11.5 Å². The van der Waals surface area contributed by atoms with Crippen LogP contribution >= 0.6 is 0 Å². The quantitative estimate of drug-likeness (QED) is 0.653. The summed E-state index contributed by atoms with van der Waals surface area (Å²) in [6.07, 6.45) is -0.583. The number of rotatable bonds is 7. The number of carbonyl (C=O) groups excluding carboxylic acids is 1. The molecule has 0 aromatic heterocycles. The van der Waals surface area contributed by atoms with Crippen molar-refractivity contribution < 1.29 is 14.3 Å². The first-order valence-electron chi connectivity index (χ1n) is 8.75. The van der Waals surface area contributed by atoms with Crippen LogP contribution in [0.3, 0.4) is 0 Å². The molecule has 0 unspecified atom stereocenters. The predicted molar refractivity (Wildman–Crippen MR) is 104 cm³/mol. The number of ether oxygens (including phenoxy) is 2. The van der Waals surface area contributed by atoms with Crippen LogP contribution in [0.1, 0.15) is 12.5 Å². The Hall–Kier alpha value is -3.01. The molecule has 0 saturated carbocycles. The molecular weight excluding hydrogens is 326 g/mol. The molecule has 3 aromatic rings. The Bertz CT molecular complexity index is 869. The summed E-state index contributed by atoms with van der Waals surface area (Å²) in [5.74, 6) is 1.34. The second-order valence-corrected chi connectivity index (χ2v) is 6.19. The van der Waals surface area contributed by atoms with Crippen molar-refractivity contribution in [1.29, 1.82) is 0 Å². The number of hydrogen-bond donors (Lipinski definition) is 1. The first-order chi connectivity index (χ1) is 12.6. The Balaban J connectivity index is 1.49. The molecule has 0 aliphatic rings. The average Bonchev–Trinajstić information content (AvgIpc) is 2.66. The van der Waals surface area contributed by atoms with Crippen molar-refractivity contribution in [3.63, 3.8) is 0 Å².